The highest BCUT2D eigenvalue weighted by Crippen LogP contribution is 2.37. The van der Waals surface area contributed by atoms with E-state index in [9.17, 15) is 4.79 Å². The minimum absolute atomic E-state index is 0.535. The number of nitrogens with one attached hydrogen (secondary N) is 3. The van der Waals surface area contributed by atoms with Crippen molar-refractivity contribution < 1.29 is 10.0 Å². The van der Waals surface area contributed by atoms with Crippen LogP contribution in [0.25, 0.3) is 17.0 Å². The van der Waals surface area contributed by atoms with Crippen molar-refractivity contribution in [2.45, 2.75) is 30.7 Å². The van der Waals surface area contributed by atoms with Gasteiger partial charge < -0.3 is 10.3 Å². The molecule has 1 aliphatic heterocycles. The third-order valence-electron chi connectivity index (χ3n) is 5.18. The van der Waals surface area contributed by atoms with Crippen molar-refractivity contribution in [3.8, 4) is 0 Å². The highest BCUT2D eigenvalue weighted by molar-refractivity contribution is 7.99. The molecule has 0 unspecified atom stereocenters. The van der Waals surface area contributed by atoms with Gasteiger partial charge in [0.15, 0.2) is 0 Å². The van der Waals surface area contributed by atoms with Crippen LogP contribution in [0.4, 0.5) is 0 Å². The van der Waals surface area contributed by atoms with Gasteiger partial charge in [-0.2, -0.15) is 0 Å². The van der Waals surface area contributed by atoms with Crippen molar-refractivity contribution in [1.82, 2.24) is 15.8 Å². The lowest BCUT2D eigenvalue weighted by molar-refractivity contribution is -0.124. The van der Waals surface area contributed by atoms with E-state index in [1.54, 1.807) is 11.6 Å². The standard InChI is InChI=1S/C23H25N3O2S/c27-21(26-28)11-10-16-6-8-17(9-7-16)15-24-13-12-18-3-1-4-19-22(18)25-20-5-2-14-29-23(19)20/h1,3-4,6-11,24-25,28H,2,5,12-15H2,(H,26,27)/b11-10+. The summed E-state index contributed by atoms with van der Waals surface area (Å²) in [5.74, 6) is 0.682. The Labute approximate surface area is 174 Å². The van der Waals surface area contributed by atoms with Gasteiger partial charge in [0.2, 0.25) is 0 Å². The van der Waals surface area contributed by atoms with Crippen LogP contribution in [0.15, 0.2) is 53.4 Å². The fourth-order valence-corrected chi connectivity index (χ4v) is 4.84. The van der Waals surface area contributed by atoms with Gasteiger partial charge in [-0.15, -0.1) is 11.8 Å². The minimum Gasteiger partial charge on any atom is -0.357 e. The topological polar surface area (TPSA) is 77.2 Å². The zero-order valence-corrected chi connectivity index (χ0v) is 17.0. The van der Waals surface area contributed by atoms with Gasteiger partial charge in [-0.3, -0.25) is 10.0 Å². The predicted octanol–water partition coefficient (Wildman–Crippen LogP) is 4.06. The summed E-state index contributed by atoms with van der Waals surface area (Å²) in [5.41, 5.74) is 7.76. The maximum Gasteiger partial charge on any atom is 0.267 e. The zero-order chi connectivity index (χ0) is 20.1. The molecule has 1 aromatic heterocycles. The van der Waals surface area contributed by atoms with Crippen LogP contribution in [0.2, 0.25) is 0 Å². The third kappa shape index (κ3) is 4.72. The molecule has 4 rings (SSSR count). The predicted molar refractivity (Wildman–Crippen MR) is 118 cm³/mol. The van der Waals surface area contributed by atoms with Gasteiger partial charge in [0.25, 0.3) is 5.91 Å². The molecule has 2 heterocycles. The fraction of sp³-hybridized carbons (Fsp3) is 0.261. The van der Waals surface area contributed by atoms with E-state index in [4.69, 9.17) is 5.21 Å². The Morgan fingerprint density at radius 2 is 2.07 bits per heavy atom. The third-order valence-corrected chi connectivity index (χ3v) is 6.43. The Hall–Kier alpha value is -2.54. The molecule has 0 bridgehead atoms. The number of fused-ring (bicyclic) bond motifs is 3. The Bertz CT molecular complexity index is 1020. The molecule has 0 radical (unpaired) electrons. The number of hydrogen-bond acceptors (Lipinski definition) is 4. The Morgan fingerprint density at radius 1 is 1.21 bits per heavy atom. The van der Waals surface area contributed by atoms with Gasteiger partial charge in [-0.25, -0.2) is 5.48 Å². The average Bonchev–Trinajstić information content (AvgIpc) is 3.15. The van der Waals surface area contributed by atoms with Gasteiger partial charge in [0.1, 0.15) is 0 Å². The van der Waals surface area contributed by atoms with Crippen LogP contribution >= 0.6 is 11.8 Å². The first kappa shape index (κ1) is 19.8. The van der Waals surface area contributed by atoms with Gasteiger partial charge in [0.05, 0.1) is 5.52 Å². The summed E-state index contributed by atoms with van der Waals surface area (Å²) in [7, 11) is 0. The largest absolute Gasteiger partial charge is 0.357 e. The Kier molecular flexibility index (Phi) is 6.34. The van der Waals surface area contributed by atoms with E-state index in [0.717, 1.165) is 31.5 Å². The molecule has 5 nitrogen and oxygen atoms in total. The summed E-state index contributed by atoms with van der Waals surface area (Å²) < 4.78 is 0. The minimum atomic E-state index is -0.535. The van der Waals surface area contributed by atoms with Crippen LogP contribution in [-0.2, 0) is 24.2 Å². The summed E-state index contributed by atoms with van der Waals surface area (Å²) in [4.78, 5) is 16.1. The zero-order valence-electron chi connectivity index (χ0n) is 16.2. The first-order valence-corrected chi connectivity index (χ1v) is 10.9. The normalized spacial score (nSPS) is 13.7. The number of carbonyl (C=O) groups excluding carboxylic acids is 1. The van der Waals surface area contributed by atoms with Crippen LogP contribution in [0, 0.1) is 0 Å². The number of benzene rings is 2. The summed E-state index contributed by atoms with van der Waals surface area (Å²) in [5, 5.41) is 13.4. The summed E-state index contributed by atoms with van der Waals surface area (Å²) >= 11 is 1.98. The Balaban J connectivity index is 1.32. The molecule has 0 spiro atoms. The van der Waals surface area contributed by atoms with E-state index < -0.39 is 5.91 Å². The number of thioether (sulfide) groups is 1. The molecule has 1 aliphatic rings. The van der Waals surface area contributed by atoms with Gasteiger partial charge in [-0.05, 0) is 54.3 Å². The number of rotatable bonds is 7. The van der Waals surface area contributed by atoms with Crippen molar-refractivity contribution >= 4 is 34.6 Å². The molecule has 1 amide bonds. The maximum absolute atomic E-state index is 11.0. The molecular weight excluding hydrogens is 382 g/mol. The number of aryl methyl sites for hydroxylation is 1. The molecule has 3 aromatic rings. The average molecular weight is 408 g/mol. The molecular formula is C23H25N3O2S. The van der Waals surface area contributed by atoms with Crippen molar-refractivity contribution in [1.29, 1.82) is 0 Å². The van der Waals surface area contributed by atoms with E-state index >= 15 is 0 Å². The lowest BCUT2D eigenvalue weighted by atomic mass is 10.1. The maximum atomic E-state index is 11.0. The molecule has 150 valence electrons. The van der Waals surface area contributed by atoms with E-state index in [-0.39, 0.29) is 0 Å². The van der Waals surface area contributed by atoms with Crippen molar-refractivity contribution in [2.24, 2.45) is 0 Å². The van der Waals surface area contributed by atoms with Crippen LogP contribution in [0.1, 0.15) is 28.8 Å². The molecule has 0 atom stereocenters. The number of carbonyl (C=O) groups is 1. The number of aromatic nitrogens is 1. The first-order chi connectivity index (χ1) is 14.2. The van der Waals surface area contributed by atoms with Crippen LogP contribution in [0.5, 0.6) is 0 Å². The number of H-pyrrole nitrogens is 1. The molecule has 2 aromatic carbocycles. The van der Waals surface area contributed by atoms with Crippen LogP contribution in [0.3, 0.4) is 0 Å². The lowest BCUT2D eigenvalue weighted by Gasteiger charge is -2.09. The smallest absolute Gasteiger partial charge is 0.267 e. The monoisotopic (exact) mass is 407 g/mol. The molecule has 4 N–H and O–H groups in total. The second-order valence-electron chi connectivity index (χ2n) is 7.20. The number of hydrogen-bond donors (Lipinski definition) is 4. The molecule has 29 heavy (non-hydrogen) atoms. The van der Waals surface area contributed by atoms with Crippen LogP contribution < -0.4 is 10.8 Å². The summed E-state index contributed by atoms with van der Waals surface area (Å²) in [6.07, 6.45) is 6.36. The van der Waals surface area contributed by atoms with Crippen molar-refractivity contribution in [3.05, 3.63) is 70.9 Å². The second kappa shape index (κ2) is 9.31. The highest BCUT2D eigenvalue weighted by atomic mass is 32.2. The SMILES string of the molecule is O=C(/C=C/c1ccc(CNCCc2cccc3c4c([nH]c23)CCCS4)cc1)NO. The lowest BCUT2D eigenvalue weighted by Crippen LogP contribution is -2.16. The molecule has 0 aliphatic carbocycles. The first-order valence-electron chi connectivity index (χ1n) is 9.91. The van der Waals surface area contributed by atoms with Gasteiger partial charge >= 0.3 is 0 Å². The molecule has 6 heteroatoms. The van der Waals surface area contributed by atoms with Crippen molar-refractivity contribution in [2.75, 3.05) is 12.3 Å². The van der Waals surface area contributed by atoms with Gasteiger partial charge in [-0.1, -0.05) is 42.5 Å². The molecule has 0 saturated carbocycles. The van der Waals surface area contributed by atoms with Crippen LogP contribution in [-0.4, -0.2) is 28.4 Å². The number of hydroxylamine groups is 1. The number of para-hydroxylation sites is 1. The van der Waals surface area contributed by atoms with E-state index in [1.807, 2.05) is 36.0 Å². The fourth-order valence-electron chi connectivity index (χ4n) is 3.69. The van der Waals surface area contributed by atoms with Gasteiger partial charge in [0, 0.05) is 28.6 Å². The highest BCUT2D eigenvalue weighted by Gasteiger charge is 2.17. The Morgan fingerprint density at radius 3 is 2.90 bits per heavy atom. The second-order valence-corrected chi connectivity index (χ2v) is 8.31. The number of aromatic amines is 1. The van der Waals surface area contributed by atoms with Crippen molar-refractivity contribution in [3.63, 3.8) is 0 Å². The summed E-state index contributed by atoms with van der Waals surface area (Å²) in [6.45, 7) is 1.71. The van der Waals surface area contributed by atoms with E-state index in [2.05, 4.69) is 28.5 Å². The summed E-state index contributed by atoms with van der Waals surface area (Å²) in [6, 6.07) is 14.6. The molecule has 0 saturated heterocycles. The number of amides is 1. The van der Waals surface area contributed by atoms with E-state index in [0.29, 0.717) is 0 Å². The molecule has 0 fully saturated rings. The quantitative estimate of drug-likeness (QED) is 0.206. The van der Waals surface area contributed by atoms with E-state index in [1.165, 1.54) is 50.9 Å².